The maximum Gasteiger partial charge on any atom is 0.258 e. The predicted molar refractivity (Wildman–Crippen MR) is 82.6 cm³/mol. The number of amides is 1. The van der Waals surface area contributed by atoms with Crippen molar-refractivity contribution in [3.05, 3.63) is 39.9 Å². The molecule has 22 heavy (non-hydrogen) atoms. The number of benzene rings is 1. The highest BCUT2D eigenvalue weighted by atomic mass is 16.2. The molecule has 0 spiro atoms. The van der Waals surface area contributed by atoms with Crippen LogP contribution in [-0.4, -0.2) is 39.4 Å². The summed E-state index contributed by atoms with van der Waals surface area (Å²) in [7, 11) is 0. The molecule has 6 nitrogen and oxygen atoms in total. The minimum absolute atomic E-state index is 0.0270. The summed E-state index contributed by atoms with van der Waals surface area (Å²) in [5.41, 5.74) is 7.05. The molecule has 1 saturated heterocycles. The highest BCUT2D eigenvalue weighted by molar-refractivity contribution is 5.98. The minimum atomic E-state index is -0.182. The first-order chi connectivity index (χ1) is 10.5. The zero-order valence-corrected chi connectivity index (χ0v) is 12.4. The molecule has 1 aliphatic carbocycles. The smallest absolute Gasteiger partial charge is 0.258 e. The van der Waals surface area contributed by atoms with E-state index in [-0.39, 0.29) is 17.0 Å². The van der Waals surface area contributed by atoms with Gasteiger partial charge >= 0.3 is 0 Å². The molecule has 0 bridgehead atoms. The zero-order valence-electron chi connectivity index (χ0n) is 12.4. The molecule has 6 heteroatoms. The Morgan fingerprint density at radius 2 is 2.32 bits per heavy atom. The SMILES string of the molecule is Cc1nc2cc(C(=O)N3C[C@@H]4CC[C@]4(N)C3)ccc2c(=O)[nH]1. The van der Waals surface area contributed by atoms with Crippen LogP contribution in [0, 0.1) is 12.8 Å². The average Bonchev–Trinajstić information content (AvgIpc) is 2.70. The molecule has 2 atom stereocenters. The van der Waals surface area contributed by atoms with Crippen molar-refractivity contribution in [2.75, 3.05) is 13.1 Å². The molecule has 114 valence electrons. The maximum absolute atomic E-state index is 12.7. The third kappa shape index (κ3) is 1.87. The number of H-pyrrole nitrogens is 1. The minimum Gasteiger partial charge on any atom is -0.336 e. The molecule has 2 aromatic rings. The van der Waals surface area contributed by atoms with Crippen LogP contribution in [0.5, 0.6) is 0 Å². The molecule has 2 aliphatic rings. The van der Waals surface area contributed by atoms with E-state index in [1.165, 1.54) is 0 Å². The van der Waals surface area contributed by atoms with Gasteiger partial charge in [0.05, 0.1) is 10.9 Å². The Labute approximate surface area is 127 Å². The van der Waals surface area contributed by atoms with E-state index in [9.17, 15) is 9.59 Å². The van der Waals surface area contributed by atoms with Crippen LogP contribution in [0.3, 0.4) is 0 Å². The summed E-state index contributed by atoms with van der Waals surface area (Å²) in [6.45, 7) is 3.08. The Hall–Kier alpha value is -2.21. The van der Waals surface area contributed by atoms with Crippen molar-refractivity contribution in [2.45, 2.75) is 25.3 Å². The van der Waals surface area contributed by atoms with Gasteiger partial charge in [-0.05, 0) is 43.9 Å². The summed E-state index contributed by atoms with van der Waals surface area (Å²) in [6.07, 6.45) is 2.10. The van der Waals surface area contributed by atoms with E-state index < -0.39 is 0 Å². The van der Waals surface area contributed by atoms with Crippen molar-refractivity contribution in [3.8, 4) is 0 Å². The van der Waals surface area contributed by atoms with Gasteiger partial charge in [0.2, 0.25) is 0 Å². The van der Waals surface area contributed by atoms with Gasteiger partial charge in [0.25, 0.3) is 11.5 Å². The first-order valence-electron chi connectivity index (χ1n) is 7.55. The number of carbonyl (C=O) groups excluding carboxylic acids is 1. The van der Waals surface area contributed by atoms with Crippen LogP contribution in [0.1, 0.15) is 29.0 Å². The number of fused-ring (bicyclic) bond motifs is 2. The van der Waals surface area contributed by atoms with Crippen molar-refractivity contribution in [1.82, 2.24) is 14.9 Å². The molecule has 1 amide bonds. The summed E-state index contributed by atoms with van der Waals surface area (Å²) >= 11 is 0. The summed E-state index contributed by atoms with van der Waals surface area (Å²) in [4.78, 5) is 33.4. The van der Waals surface area contributed by atoms with E-state index >= 15 is 0 Å². The molecule has 2 heterocycles. The van der Waals surface area contributed by atoms with E-state index in [1.807, 2.05) is 4.90 Å². The van der Waals surface area contributed by atoms with Gasteiger partial charge < -0.3 is 15.6 Å². The second-order valence-electron chi connectivity index (χ2n) is 6.54. The van der Waals surface area contributed by atoms with Gasteiger partial charge in [0.15, 0.2) is 0 Å². The molecule has 1 aromatic carbocycles. The van der Waals surface area contributed by atoms with Crippen LogP contribution in [0.25, 0.3) is 10.9 Å². The summed E-state index contributed by atoms with van der Waals surface area (Å²) in [6, 6.07) is 5.06. The topological polar surface area (TPSA) is 92.1 Å². The lowest BCUT2D eigenvalue weighted by atomic mass is 9.70. The van der Waals surface area contributed by atoms with Gasteiger partial charge in [-0.2, -0.15) is 0 Å². The molecule has 2 fully saturated rings. The van der Waals surface area contributed by atoms with E-state index in [0.29, 0.717) is 34.8 Å². The Morgan fingerprint density at radius 3 is 2.95 bits per heavy atom. The Bertz CT molecular complexity index is 844. The van der Waals surface area contributed by atoms with Gasteiger partial charge in [-0.3, -0.25) is 9.59 Å². The Kier molecular flexibility index (Phi) is 2.69. The highest BCUT2D eigenvalue weighted by Crippen LogP contribution is 2.42. The molecule has 0 radical (unpaired) electrons. The van der Waals surface area contributed by atoms with E-state index in [0.717, 1.165) is 19.4 Å². The molecular weight excluding hydrogens is 280 g/mol. The van der Waals surface area contributed by atoms with Crippen LogP contribution in [-0.2, 0) is 0 Å². The summed E-state index contributed by atoms with van der Waals surface area (Å²) in [5, 5.41) is 0.499. The van der Waals surface area contributed by atoms with Crippen molar-refractivity contribution in [2.24, 2.45) is 11.7 Å². The number of hydrogen-bond donors (Lipinski definition) is 2. The molecule has 1 saturated carbocycles. The normalized spacial score (nSPS) is 26.8. The van der Waals surface area contributed by atoms with Crippen LogP contribution in [0.2, 0.25) is 0 Å². The first-order valence-corrected chi connectivity index (χ1v) is 7.55. The Morgan fingerprint density at radius 1 is 1.50 bits per heavy atom. The molecule has 1 aromatic heterocycles. The van der Waals surface area contributed by atoms with Crippen LogP contribution in [0.4, 0.5) is 0 Å². The first kappa shape index (κ1) is 13.5. The predicted octanol–water partition coefficient (Wildman–Crippen LogP) is 0.795. The number of nitrogens with two attached hydrogens (primary N) is 1. The van der Waals surface area contributed by atoms with Gasteiger partial charge in [-0.1, -0.05) is 0 Å². The van der Waals surface area contributed by atoms with Gasteiger partial charge in [0.1, 0.15) is 5.82 Å². The largest absolute Gasteiger partial charge is 0.336 e. The fraction of sp³-hybridized carbons (Fsp3) is 0.438. The van der Waals surface area contributed by atoms with Crippen molar-refractivity contribution in [3.63, 3.8) is 0 Å². The molecule has 1 aliphatic heterocycles. The lowest BCUT2D eigenvalue weighted by Crippen LogP contribution is -2.54. The summed E-state index contributed by atoms with van der Waals surface area (Å²) < 4.78 is 0. The zero-order chi connectivity index (χ0) is 15.5. The molecule has 3 N–H and O–H groups in total. The standard InChI is InChI=1S/C16H18N4O2/c1-9-18-13-6-10(2-3-12(13)14(21)19-9)15(22)20-7-11-4-5-16(11,17)8-20/h2-3,6,11H,4-5,7-8,17H2,1H3,(H,18,19,21)/t11-,16-/m0/s1. The quantitative estimate of drug-likeness (QED) is 0.814. The molecular formula is C16H18N4O2. The number of carbonyl (C=O) groups is 1. The fourth-order valence-electron chi connectivity index (χ4n) is 3.61. The fourth-order valence-corrected chi connectivity index (χ4v) is 3.61. The van der Waals surface area contributed by atoms with Crippen LogP contribution >= 0.6 is 0 Å². The summed E-state index contributed by atoms with van der Waals surface area (Å²) in [5.74, 6) is 0.947. The number of hydrogen-bond acceptors (Lipinski definition) is 4. The lowest BCUT2D eigenvalue weighted by molar-refractivity contribution is 0.0785. The number of rotatable bonds is 1. The van der Waals surface area contributed by atoms with Crippen molar-refractivity contribution in [1.29, 1.82) is 0 Å². The van der Waals surface area contributed by atoms with Crippen LogP contribution < -0.4 is 11.3 Å². The average molecular weight is 298 g/mol. The number of aromatic amines is 1. The Balaban J connectivity index is 1.69. The van der Waals surface area contributed by atoms with E-state index in [1.54, 1.807) is 25.1 Å². The number of likely N-dealkylation sites (tertiary alicyclic amines) is 1. The lowest BCUT2D eigenvalue weighted by Gasteiger charge is -2.39. The number of nitrogens with one attached hydrogen (secondary N) is 1. The van der Waals surface area contributed by atoms with E-state index in [2.05, 4.69) is 9.97 Å². The highest BCUT2D eigenvalue weighted by Gasteiger charge is 2.51. The number of nitrogens with zero attached hydrogens (tertiary/aromatic N) is 2. The van der Waals surface area contributed by atoms with Gasteiger partial charge in [0, 0.05) is 24.2 Å². The van der Waals surface area contributed by atoms with Crippen LogP contribution in [0.15, 0.2) is 23.0 Å². The second-order valence-corrected chi connectivity index (χ2v) is 6.54. The second kappa shape index (κ2) is 4.39. The monoisotopic (exact) mass is 298 g/mol. The third-order valence-electron chi connectivity index (χ3n) is 5.06. The number of aromatic nitrogens is 2. The molecule has 4 rings (SSSR count). The molecule has 0 unspecified atom stereocenters. The number of aryl methyl sites for hydroxylation is 1. The third-order valence-corrected chi connectivity index (χ3v) is 5.06. The van der Waals surface area contributed by atoms with E-state index in [4.69, 9.17) is 5.73 Å². The maximum atomic E-state index is 12.7. The van der Waals surface area contributed by atoms with Crippen molar-refractivity contribution < 1.29 is 4.79 Å². The van der Waals surface area contributed by atoms with Gasteiger partial charge in [-0.25, -0.2) is 4.98 Å². The van der Waals surface area contributed by atoms with Crippen molar-refractivity contribution >= 4 is 16.8 Å². The van der Waals surface area contributed by atoms with Gasteiger partial charge in [-0.15, -0.1) is 0 Å².